The molecular formula is C11H11F3O3. The molecule has 17 heavy (non-hydrogen) atoms. The van der Waals surface area contributed by atoms with E-state index in [-0.39, 0.29) is 30.6 Å². The highest BCUT2D eigenvalue weighted by atomic mass is 19.2. The molecule has 0 bridgehead atoms. The lowest BCUT2D eigenvalue weighted by Gasteiger charge is -2.10. The lowest BCUT2D eigenvalue weighted by Crippen LogP contribution is -2.04. The SMILES string of the molecule is COc1c(F)cc(F)c(F)c1CCCC(=O)O. The first-order valence-corrected chi connectivity index (χ1v) is 4.89. The van der Waals surface area contributed by atoms with Crippen LogP contribution in [0.25, 0.3) is 0 Å². The van der Waals surface area contributed by atoms with Gasteiger partial charge in [-0.1, -0.05) is 0 Å². The molecule has 1 aromatic rings. The summed E-state index contributed by atoms with van der Waals surface area (Å²) in [4.78, 5) is 10.3. The van der Waals surface area contributed by atoms with Crippen molar-refractivity contribution in [2.45, 2.75) is 19.3 Å². The van der Waals surface area contributed by atoms with Crippen molar-refractivity contribution >= 4 is 5.97 Å². The number of ether oxygens (including phenoxy) is 1. The molecule has 0 saturated heterocycles. The summed E-state index contributed by atoms with van der Waals surface area (Å²) in [6.45, 7) is 0. The Hall–Kier alpha value is -1.72. The first-order valence-electron chi connectivity index (χ1n) is 4.89. The van der Waals surface area contributed by atoms with E-state index in [2.05, 4.69) is 4.74 Å². The average Bonchev–Trinajstić information content (AvgIpc) is 2.24. The maximum absolute atomic E-state index is 13.4. The summed E-state index contributed by atoms with van der Waals surface area (Å²) in [6, 6.07) is 0.398. The van der Waals surface area contributed by atoms with Gasteiger partial charge in [0.1, 0.15) is 0 Å². The van der Waals surface area contributed by atoms with Crippen LogP contribution in [0.3, 0.4) is 0 Å². The molecule has 0 aliphatic rings. The zero-order valence-electron chi connectivity index (χ0n) is 9.10. The summed E-state index contributed by atoms with van der Waals surface area (Å²) in [5, 5.41) is 8.42. The van der Waals surface area contributed by atoms with E-state index in [4.69, 9.17) is 5.11 Å². The minimum Gasteiger partial charge on any atom is -0.493 e. The highest BCUT2D eigenvalue weighted by molar-refractivity contribution is 5.66. The quantitative estimate of drug-likeness (QED) is 0.814. The van der Waals surface area contributed by atoms with Crippen LogP contribution in [0.5, 0.6) is 5.75 Å². The van der Waals surface area contributed by atoms with Crippen LogP contribution in [0, 0.1) is 17.5 Å². The molecule has 0 saturated carbocycles. The molecule has 0 spiro atoms. The summed E-state index contributed by atoms with van der Waals surface area (Å²) in [6.07, 6.45) is -0.234. The Morgan fingerprint density at radius 3 is 2.53 bits per heavy atom. The van der Waals surface area contributed by atoms with Crippen molar-refractivity contribution in [1.82, 2.24) is 0 Å². The Morgan fingerprint density at radius 1 is 1.35 bits per heavy atom. The number of benzene rings is 1. The van der Waals surface area contributed by atoms with E-state index in [1.807, 2.05) is 0 Å². The van der Waals surface area contributed by atoms with Crippen LogP contribution in [0.15, 0.2) is 6.07 Å². The maximum Gasteiger partial charge on any atom is 0.303 e. The van der Waals surface area contributed by atoms with Gasteiger partial charge < -0.3 is 9.84 Å². The highest BCUT2D eigenvalue weighted by Gasteiger charge is 2.19. The third kappa shape index (κ3) is 3.12. The Labute approximate surface area is 95.8 Å². The van der Waals surface area contributed by atoms with Gasteiger partial charge >= 0.3 is 5.97 Å². The van der Waals surface area contributed by atoms with E-state index in [1.54, 1.807) is 0 Å². The van der Waals surface area contributed by atoms with Gasteiger partial charge in [-0.15, -0.1) is 0 Å². The molecule has 0 atom stereocenters. The topological polar surface area (TPSA) is 46.5 Å². The van der Waals surface area contributed by atoms with E-state index in [9.17, 15) is 18.0 Å². The predicted molar refractivity (Wildman–Crippen MR) is 53.4 cm³/mol. The number of carbonyl (C=O) groups is 1. The molecule has 0 fully saturated rings. The molecule has 0 unspecified atom stereocenters. The van der Waals surface area contributed by atoms with Crippen molar-refractivity contribution < 1.29 is 27.8 Å². The van der Waals surface area contributed by atoms with E-state index in [0.717, 1.165) is 7.11 Å². The number of rotatable bonds is 5. The average molecular weight is 248 g/mol. The monoisotopic (exact) mass is 248 g/mol. The van der Waals surface area contributed by atoms with Gasteiger partial charge in [0.05, 0.1) is 7.11 Å². The second kappa shape index (κ2) is 5.56. The van der Waals surface area contributed by atoms with Crippen LogP contribution in [0.2, 0.25) is 0 Å². The number of halogens is 3. The summed E-state index contributed by atoms with van der Waals surface area (Å²) < 4.78 is 44.2. The second-order valence-electron chi connectivity index (χ2n) is 3.41. The molecular weight excluding hydrogens is 237 g/mol. The fraction of sp³-hybridized carbons (Fsp3) is 0.364. The van der Waals surface area contributed by atoms with Crippen molar-refractivity contribution in [3.63, 3.8) is 0 Å². The van der Waals surface area contributed by atoms with Crippen molar-refractivity contribution in [3.8, 4) is 5.75 Å². The molecule has 0 amide bonds. The minimum absolute atomic E-state index is 0.0749. The highest BCUT2D eigenvalue weighted by Crippen LogP contribution is 2.28. The van der Waals surface area contributed by atoms with Crippen molar-refractivity contribution in [3.05, 3.63) is 29.1 Å². The Kier molecular flexibility index (Phi) is 4.37. The maximum atomic E-state index is 13.4. The molecule has 94 valence electrons. The Morgan fingerprint density at radius 2 is 2.00 bits per heavy atom. The summed E-state index contributed by atoms with van der Waals surface area (Å²) in [5.74, 6) is -4.95. The number of aliphatic carboxylic acids is 1. The fourth-order valence-corrected chi connectivity index (χ4v) is 1.49. The molecule has 1 aromatic carbocycles. The van der Waals surface area contributed by atoms with Crippen molar-refractivity contribution in [2.75, 3.05) is 7.11 Å². The smallest absolute Gasteiger partial charge is 0.303 e. The summed E-state index contributed by atoms with van der Waals surface area (Å²) in [7, 11) is 1.14. The predicted octanol–water partition coefficient (Wildman–Crippen LogP) is 2.52. The zero-order chi connectivity index (χ0) is 13.0. The first kappa shape index (κ1) is 13.3. The van der Waals surface area contributed by atoms with Gasteiger partial charge in [0.25, 0.3) is 0 Å². The van der Waals surface area contributed by atoms with Crippen molar-refractivity contribution in [1.29, 1.82) is 0 Å². The normalized spacial score (nSPS) is 10.4. The molecule has 0 heterocycles. The van der Waals surface area contributed by atoms with Gasteiger partial charge in [-0.3, -0.25) is 4.79 Å². The van der Waals surface area contributed by atoms with Crippen LogP contribution < -0.4 is 4.74 Å². The molecule has 1 N–H and O–H groups in total. The van der Waals surface area contributed by atoms with Gasteiger partial charge in [0.2, 0.25) is 0 Å². The van der Waals surface area contributed by atoms with E-state index >= 15 is 0 Å². The van der Waals surface area contributed by atoms with Gasteiger partial charge in [-0.25, -0.2) is 13.2 Å². The molecule has 6 heteroatoms. The summed E-state index contributed by atoms with van der Waals surface area (Å²) >= 11 is 0. The molecule has 0 aromatic heterocycles. The van der Waals surface area contributed by atoms with E-state index < -0.39 is 23.4 Å². The number of carboxylic acid groups (broad SMARTS) is 1. The lowest BCUT2D eigenvalue weighted by atomic mass is 10.1. The zero-order valence-corrected chi connectivity index (χ0v) is 9.10. The molecule has 1 rings (SSSR count). The second-order valence-corrected chi connectivity index (χ2v) is 3.41. The van der Waals surface area contributed by atoms with Crippen LogP contribution in [0.4, 0.5) is 13.2 Å². The van der Waals surface area contributed by atoms with Crippen LogP contribution in [-0.2, 0) is 11.2 Å². The van der Waals surface area contributed by atoms with Gasteiger partial charge in [-0.2, -0.15) is 0 Å². The van der Waals surface area contributed by atoms with Crippen LogP contribution in [0.1, 0.15) is 18.4 Å². The molecule has 0 radical (unpaired) electrons. The third-order valence-corrected chi connectivity index (χ3v) is 2.24. The lowest BCUT2D eigenvalue weighted by molar-refractivity contribution is -0.137. The molecule has 0 aliphatic heterocycles. The van der Waals surface area contributed by atoms with Crippen LogP contribution >= 0.6 is 0 Å². The van der Waals surface area contributed by atoms with Gasteiger partial charge in [-0.05, 0) is 12.8 Å². The van der Waals surface area contributed by atoms with Crippen molar-refractivity contribution in [2.24, 2.45) is 0 Å². The minimum atomic E-state index is -1.31. The molecule has 3 nitrogen and oxygen atoms in total. The Bertz CT molecular complexity index is 432. The first-order chi connectivity index (χ1) is 7.97. The number of carboxylic acids is 1. The van der Waals surface area contributed by atoms with E-state index in [0.29, 0.717) is 6.07 Å². The van der Waals surface area contributed by atoms with Gasteiger partial charge in [0.15, 0.2) is 23.2 Å². The van der Waals surface area contributed by atoms with E-state index in [1.165, 1.54) is 0 Å². The van der Waals surface area contributed by atoms with Crippen LogP contribution in [-0.4, -0.2) is 18.2 Å². The molecule has 0 aliphatic carbocycles. The fourth-order valence-electron chi connectivity index (χ4n) is 1.49. The Balaban J connectivity index is 2.99. The number of methoxy groups -OCH3 is 1. The largest absolute Gasteiger partial charge is 0.493 e. The van der Waals surface area contributed by atoms with Gasteiger partial charge in [0, 0.05) is 18.1 Å². The third-order valence-electron chi connectivity index (χ3n) is 2.24. The summed E-state index contributed by atoms with van der Waals surface area (Å²) in [5.41, 5.74) is -0.272. The number of hydrogen-bond acceptors (Lipinski definition) is 2. The standard InChI is InChI=1S/C11H11F3O3/c1-17-11-6(3-2-4-9(15)16)10(14)7(12)5-8(11)13/h5H,2-4H2,1H3,(H,15,16). The number of hydrogen-bond donors (Lipinski definition) is 1.